The van der Waals surface area contributed by atoms with Crippen LogP contribution in [0, 0.1) is 30.6 Å². The minimum atomic E-state index is -0.828. The first-order valence-electron chi connectivity index (χ1n) is 19.7. The summed E-state index contributed by atoms with van der Waals surface area (Å²) in [5, 5.41) is 19.7. The quantitative estimate of drug-likeness (QED) is 0.118. The lowest BCUT2D eigenvalue weighted by Crippen LogP contribution is -2.58. The van der Waals surface area contributed by atoms with Gasteiger partial charge in [0.05, 0.1) is 17.2 Å². The van der Waals surface area contributed by atoms with Crippen molar-refractivity contribution in [2.45, 2.75) is 78.2 Å². The summed E-state index contributed by atoms with van der Waals surface area (Å²) in [7, 11) is 0. The van der Waals surface area contributed by atoms with E-state index in [4.69, 9.17) is 30.5 Å². The highest BCUT2D eigenvalue weighted by molar-refractivity contribution is 6.32. The second kappa shape index (κ2) is 18.1. The fourth-order valence-electron chi connectivity index (χ4n) is 8.41. The number of nitriles is 1. The number of aliphatic carboxylic acids is 1. The Labute approximate surface area is 334 Å². The number of ether oxygens (including phenoxy) is 4. The fraction of sp³-hybridized carbons (Fsp3) is 0.444. The molecule has 1 aromatic heterocycles. The van der Waals surface area contributed by atoms with Crippen molar-refractivity contribution >= 4 is 17.6 Å². The summed E-state index contributed by atoms with van der Waals surface area (Å²) >= 11 is 6.88. The maximum Gasteiger partial charge on any atom is 0.320 e. The van der Waals surface area contributed by atoms with Crippen LogP contribution < -0.4 is 14.2 Å². The molecule has 10 nitrogen and oxygen atoms in total. The van der Waals surface area contributed by atoms with Gasteiger partial charge in [-0.1, -0.05) is 48.4 Å². The Kier molecular flexibility index (Phi) is 12.8. The number of carboxylic acids is 1. The van der Waals surface area contributed by atoms with E-state index in [1.807, 2.05) is 17.0 Å². The van der Waals surface area contributed by atoms with Gasteiger partial charge in [-0.05, 0) is 98.5 Å². The van der Waals surface area contributed by atoms with Gasteiger partial charge >= 0.3 is 5.97 Å². The zero-order chi connectivity index (χ0) is 39.1. The third-order valence-corrected chi connectivity index (χ3v) is 12.0. The number of carbonyl (C=O) groups is 1. The molecule has 0 aliphatic carbocycles. The van der Waals surface area contributed by atoms with Crippen LogP contribution in [0.15, 0.2) is 67.0 Å². The van der Waals surface area contributed by atoms with Gasteiger partial charge < -0.3 is 29.0 Å². The van der Waals surface area contributed by atoms with Gasteiger partial charge in [-0.2, -0.15) is 5.26 Å². The Morgan fingerprint density at radius 3 is 2.50 bits per heavy atom. The summed E-state index contributed by atoms with van der Waals surface area (Å²) in [6.45, 7) is 11.6. The molecule has 4 heterocycles. The Morgan fingerprint density at radius 2 is 1.71 bits per heavy atom. The molecule has 4 aromatic rings. The number of pyridine rings is 1. The predicted molar refractivity (Wildman–Crippen MR) is 215 cm³/mol. The van der Waals surface area contributed by atoms with E-state index in [1.54, 1.807) is 18.3 Å². The molecular weight excluding hydrogens is 728 g/mol. The molecule has 0 bridgehead atoms. The summed E-state index contributed by atoms with van der Waals surface area (Å²) < 4.78 is 24.6. The van der Waals surface area contributed by atoms with Crippen LogP contribution in [0.25, 0.3) is 11.1 Å². The molecule has 0 radical (unpaired) electrons. The molecule has 1 N–H and O–H groups in total. The summed E-state index contributed by atoms with van der Waals surface area (Å²) in [5.41, 5.74) is 7.90. The number of carboxylic acid groups (broad SMARTS) is 1. The molecule has 3 aliphatic rings. The maximum atomic E-state index is 12.1. The van der Waals surface area contributed by atoms with Gasteiger partial charge in [0.1, 0.15) is 42.6 Å². The third kappa shape index (κ3) is 9.30. The van der Waals surface area contributed by atoms with Crippen LogP contribution in [0.4, 0.5) is 0 Å². The Hall–Kier alpha value is -4.66. The molecule has 3 aromatic carbocycles. The second-order valence-electron chi connectivity index (χ2n) is 15.5. The van der Waals surface area contributed by atoms with E-state index in [2.05, 4.69) is 60.1 Å². The van der Waals surface area contributed by atoms with E-state index >= 15 is 0 Å². The number of nitrogens with zero attached hydrogens (tertiary/aromatic N) is 4. The number of hydrogen-bond donors (Lipinski definition) is 1. The molecule has 3 aliphatic heterocycles. The van der Waals surface area contributed by atoms with Crippen molar-refractivity contribution in [1.29, 1.82) is 5.26 Å². The summed E-state index contributed by atoms with van der Waals surface area (Å²) in [5.74, 6) is 1.07. The second-order valence-corrected chi connectivity index (χ2v) is 15.9. The fourth-order valence-corrected chi connectivity index (χ4v) is 8.65. The number of piperidine rings is 1. The monoisotopic (exact) mass is 778 g/mol. The van der Waals surface area contributed by atoms with Crippen molar-refractivity contribution in [1.82, 2.24) is 14.8 Å². The predicted octanol–water partition coefficient (Wildman–Crippen LogP) is 8.37. The first-order valence-corrected chi connectivity index (χ1v) is 20.1. The van der Waals surface area contributed by atoms with Crippen LogP contribution in [0.3, 0.4) is 0 Å². The highest BCUT2D eigenvalue weighted by Crippen LogP contribution is 2.40. The van der Waals surface area contributed by atoms with Gasteiger partial charge in [-0.15, -0.1) is 0 Å². The van der Waals surface area contributed by atoms with Gasteiger partial charge in [0.15, 0.2) is 0 Å². The van der Waals surface area contributed by atoms with Crippen LogP contribution in [0.2, 0.25) is 5.02 Å². The number of halogens is 1. The molecule has 7 rings (SSSR count). The summed E-state index contributed by atoms with van der Waals surface area (Å²) in [6, 6.07) is 19.4. The highest BCUT2D eigenvalue weighted by Gasteiger charge is 2.43. The zero-order valence-corrected chi connectivity index (χ0v) is 33.2. The van der Waals surface area contributed by atoms with Gasteiger partial charge in [-0.25, -0.2) is 0 Å². The number of likely N-dealkylation sites (tertiary alicyclic amines) is 2. The summed E-state index contributed by atoms with van der Waals surface area (Å²) in [4.78, 5) is 20.8. The van der Waals surface area contributed by atoms with Gasteiger partial charge in [0, 0.05) is 74.4 Å². The van der Waals surface area contributed by atoms with E-state index in [1.165, 1.54) is 32.1 Å². The third-order valence-electron chi connectivity index (χ3n) is 11.7. The molecule has 0 amide bonds. The van der Waals surface area contributed by atoms with Gasteiger partial charge in [0.2, 0.25) is 0 Å². The van der Waals surface area contributed by atoms with Crippen LogP contribution in [0.5, 0.6) is 17.2 Å². The topological polar surface area (TPSA) is 117 Å². The lowest BCUT2D eigenvalue weighted by Gasteiger charge is -2.52. The number of rotatable bonds is 15. The SMILES string of the molecule is Cc1c(COc2cc(OCc3cncc(C#N)c3)c(CN3CCCC[C@H]3C(=O)O)cc2Cl)cccc1-c1cccc(OCCCN2CC3(CCOCC3)C2)c1C. The molecule has 1 atom stereocenters. The lowest BCUT2D eigenvalue weighted by molar-refractivity contribution is -0.144. The average molecular weight is 779 g/mol. The van der Waals surface area contributed by atoms with Crippen molar-refractivity contribution in [2.75, 3.05) is 46.0 Å². The number of benzene rings is 3. The first kappa shape index (κ1) is 39.6. The van der Waals surface area contributed by atoms with Gasteiger partial charge in [0.25, 0.3) is 0 Å². The standard InChI is InChI=1S/C45H51ClN4O6/c1-31-35(8-5-9-37(31)38-10-6-12-41(32(38)2)54-17-7-15-49-29-45(30-49)13-18-53-19-14-45)28-56-43-22-42(55-27-34-20-33(23-47)24-48-25-34)36(21-39(43)46)26-50-16-4-3-11-40(50)44(51)52/h5-6,8-10,12,20-22,24-25,40H,3-4,7,11,13-19,26-30H2,1-2H3,(H,51,52)/t40-/m0/s1. The van der Waals surface area contributed by atoms with Crippen molar-refractivity contribution in [3.63, 3.8) is 0 Å². The zero-order valence-electron chi connectivity index (χ0n) is 32.4. The molecule has 294 valence electrons. The van der Waals surface area contributed by atoms with E-state index in [-0.39, 0.29) is 13.2 Å². The van der Waals surface area contributed by atoms with Crippen molar-refractivity contribution in [3.8, 4) is 34.4 Å². The minimum Gasteiger partial charge on any atom is -0.493 e. The van der Waals surface area contributed by atoms with Crippen molar-refractivity contribution in [3.05, 3.63) is 105 Å². The first-order chi connectivity index (χ1) is 27.2. The van der Waals surface area contributed by atoms with Gasteiger partial charge in [-0.3, -0.25) is 14.7 Å². The van der Waals surface area contributed by atoms with Crippen molar-refractivity contribution < 1.29 is 28.8 Å². The van der Waals surface area contributed by atoms with E-state index in [0.717, 1.165) is 83.7 Å². The van der Waals surface area contributed by atoms with E-state index < -0.39 is 12.0 Å². The molecule has 11 heteroatoms. The van der Waals surface area contributed by atoms with Crippen LogP contribution >= 0.6 is 11.6 Å². The Morgan fingerprint density at radius 1 is 0.946 bits per heavy atom. The lowest BCUT2D eigenvalue weighted by atomic mass is 9.73. The minimum absolute atomic E-state index is 0.164. The number of aromatic nitrogens is 1. The average Bonchev–Trinajstić information content (AvgIpc) is 3.19. The Bertz CT molecular complexity index is 2050. The molecular formula is C45H51ClN4O6. The smallest absolute Gasteiger partial charge is 0.320 e. The molecule has 0 saturated carbocycles. The van der Waals surface area contributed by atoms with Crippen LogP contribution in [0.1, 0.15) is 71.9 Å². The molecule has 1 spiro atoms. The largest absolute Gasteiger partial charge is 0.493 e. The maximum absolute atomic E-state index is 12.1. The normalized spacial score (nSPS) is 18.2. The molecule has 3 fully saturated rings. The van der Waals surface area contributed by atoms with Crippen LogP contribution in [-0.4, -0.2) is 77.9 Å². The number of hydrogen-bond acceptors (Lipinski definition) is 9. The van der Waals surface area contributed by atoms with Crippen LogP contribution in [-0.2, 0) is 29.3 Å². The molecule has 3 saturated heterocycles. The molecule has 0 unspecified atom stereocenters. The Balaban J connectivity index is 1.03. The van der Waals surface area contributed by atoms with E-state index in [9.17, 15) is 15.2 Å². The van der Waals surface area contributed by atoms with E-state index in [0.29, 0.717) is 53.6 Å². The molecule has 56 heavy (non-hydrogen) atoms. The van der Waals surface area contributed by atoms with Crippen molar-refractivity contribution in [2.24, 2.45) is 5.41 Å². The highest BCUT2D eigenvalue weighted by atomic mass is 35.5. The summed E-state index contributed by atoms with van der Waals surface area (Å²) in [6.07, 6.45) is 8.93.